The van der Waals surface area contributed by atoms with Gasteiger partial charge >= 0.3 is 0 Å². The number of nitrogens with two attached hydrogens (primary N) is 1. The molecule has 0 unspecified atom stereocenters. The van der Waals surface area contributed by atoms with Crippen molar-refractivity contribution in [2.75, 3.05) is 0 Å². The second-order valence-corrected chi connectivity index (χ2v) is 7.21. The van der Waals surface area contributed by atoms with Gasteiger partial charge in [0.1, 0.15) is 0 Å². The number of amides is 1. The van der Waals surface area contributed by atoms with Crippen LogP contribution in [0.15, 0.2) is 12.2 Å². The highest BCUT2D eigenvalue weighted by Crippen LogP contribution is 2.13. The molecule has 24 heavy (non-hydrogen) atoms. The molecule has 0 radical (unpaired) electrons. The van der Waals surface area contributed by atoms with Gasteiger partial charge in [-0.05, 0) is 25.7 Å². The van der Waals surface area contributed by atoms with E-state index < -0.39 is 0 Å². The lowest BCUT2D eigenvalue weighted by Crippen LogP contribution is -2.09. The van der Waals surface area contributed by atoms with Crippen LogP contribution in [0.5, 0.6) is 0 Å². The van der Waals surface area contributed by atoms with Gasteiger partial charge in [-0.15, -0.1) is 0 Å². The first-order valence-corrected chi connectivity index (χ1v) is 10.7. The lowest BCUT2D eigenvalue weighted by atomic mass is 10.0. The number of unbranched alkanes of at least 4 members (excludes halogenated alkanes) is 15. The highest BCUT2D eigenvalue weighted by molar-refractivity contribution is 5.73. The third-order valence-corrected chi connectivity index (χ3v) is 4.68. The summed E-state index contributed by atoms with van der Waals surface area (Å²) in [4.78, 5) is 10.6. The molecule has 0 bridgehead atoms. The standard InChI is InChI=1S/C22H43NO/c1-2-3-4-5-6-7-8-9-10-11-12-13-14-15-16-17-18-19-20-21-22(23)24/h17-18H,2-16,19-21H2,1H3,(H2,23,24)/b18-17+. The molecule has 142 valence electrons. The van der Waals surface area contributed by atoms with Crippen LogP contribution in [-0.4, -0.2) is 5.91 Å². The fourth-order valence-electron chi connectivity index (χ4n) is 3.09. The Morgan fingerprint density at radius 2 is 1.00 bits per heavy atom. The van der Waals surface area contributed by atoms with E-state index in [2.05, 4.69) is 19.1 Å². The molecule has 2 N–H and O–H groups in total. The van der Waals surface area contributed by atoms with E-state index in [4.69, 9.17) is 5.73 Å². The zero-order valence-corrected chi connectivity index (χ0v) is 16.4. The molecule has 0 spiro atoms. The molecule has 2 nitrogen and oxygen atoms in total. The van der Waals surface area contributed by atoms with Gasteiger partial charge < -0.3 is 5.73 Å². The number of carbonyl (C=O) groups is 1. The average molecular weight is 338 g/mol. The third-order valence-electron chi connectivity index (χ3n) is 4.68. The highest BCUT2D eigenvalue weighted by Gasteiger charge is 1.94. The molecule has 0 rings (SSSR count). The summed E-state index contributed by atoms with van der Waals surface area (Å²) >= 11 is 0. The Hall–Kier alpha value is -0.790. The summed E-state index contributed by atoms with van der Waals surface area (Å²) in [7, 11) is 0. The van der Waals surface area contributed by atoms with Crippen molar-refractivity contribution in [1.29, 1.82) is 0 Å². The van der Waals surface area contributed by atoms with Crippen molar-refractivity contribution in [1.82, 2.24) is 0 Å². The monoisotopic (exact) mass is 337 g/mol. The number of hydrogen-bond acceptors (Lipinski definition) is 1. The minimum atomic E-state index is -0.185. The Labute approximate surface area is 151 Å². The van der Waals surface area contributed by atoms with Crippen molar-refractivity contribution in [3.8, 4) is 0 Å². The van der Waals surface area contributed by atoms with Crippen molar-refractivity contribution in [3.63, 3.8) is 0 Å². The van der Waals surface area contributed by atoms with E-state index in [0.29, 0.717) is 6.42 Å². The Bertz CT molecular complexity index is 286. The minimum Gasteiger partial charge on any atom is -0.370 e. The first-order chi connectivity index (χ1) is 11.8. The second-order valence-electron chi connectivity index (χ2n) is 7.21. The molecule has 0 aliphatic heterocycles. The first-order valence-electron chi connectivity index (χ1n) is 10.7. The summed E-state index contributed by atoms with van der Waals surface area (Å²) in [5.74, 6) is -0.185. The van der Waals surface area contributed by atoms with Crippen molar-refractivity contribution in [2.24, 2.45) is 5.73 Å². The SMILES string of the molecule is CCCCCCCCCCCCCCCC/C=C/CCCC(N)=O. The van der Waals surface area contributed by atoms with Gasteiger partial charge in [-0.25, -0.2) is 0 Å². The largest absolute Gasteiger partial charge is 0.370 e. The Kier molecular flexibility index (Phi) is 19.6. The molecule has 2 heteroatoms. The van der Waals surface area contributed by atoms with Gasteiger partial charge in [0.25, 0.3) is 0 Å². The van der Waals surface area contributed by atoms with E-state index in [-0.39, 0.29) is 5.91 Å². The predicted octanol–water partition coefficient (Wildman–Crippen LogP) is 7.07. The van der Waals surface area contributed by atoms with Crippen LogP contribution in [0.4, 0.5) is 0 Å². The molecule has 0 fully saturated rings. The second kappa shape index (κ2) is 20.3. The summed E-state index contributed by atoms with van der Waals surface area (Å²) < 4.78 is 0. The molecular formula is C22H43NO. The number of carbonyl (C=O) groups excluding carboxylic acids is 1. The van der Waals surface area contributed by atoms with E-state index >= 15 is 0 Å². The highest BCUT2D eigenvalue weighted by atomic mass is 16.1. The zero-order chi connectivity index (χ0) is 17.7. The van der Waals surface area contributed by atoms with Crippen LogP contribution in [0, 0.1) is 0 Å². The lowest BCUT2D eigenvalue weighted by molar-refractivity contribution is -0.118. The van der Waals surface area contributed by atoms with Crippen molar-refractivity contribution in [2.45, 2.75) is 122 Å². The molecule has 0 saturated carbocycles. The van der Waals surface area contributed by atoms with Crippen LogP contribution in [-0.2, 0) is 4.79 Å². The Morgan fingerprint density at radius 3 is 1.42 bits per heavy atom. The number of rotatable bonds is 19. The van der Waals surface area contributed by atoms with Gasteiger partial charge in [-0.1, -0.05) is 103 Å². The molecule has 0 aliphatic carbocycles. The van der Waals surface area contributed by atoms with Crippen LogP contribution in [0.25, 0.3) is 0 Å². The molecule has 0 aromatic rings. The van der Waals surface area contributed by atoms with Gasteiger partial charge in [0, 0.05) is 6.42 Å². The van der Waals surface area contributed by atoms with E-state index in [9.17, 15) is 4.79 Å². The molecule has 0 atom stereocenters. The minimum absolute atomic E-state index is 0.185. The Balaban J connectivity index is 3.05. The van der Waals surface area contributed by atoms with Crippen molar-refractivity contribution >= 4 is 5.91 Å². The molecular weight excluding hydrogens is 294 g/mol. The summed E-state index contributed by atoms with van der Waals surface area (Å²) in [5, 5.41) is 0. The van der Waals surface area contributed by atoms with E-state index in [1.165, 1.54) is 96.3 Å². The maximum atomic E-state index is 10.6. The van der Waals surface area contributed by atoms with Crippen LogP contribution in [0.2, 0.25) is 0 Å². The topological polar surface area (TPSA) is 43.1 Å². The molecule has 0 aromatic heterocycles. The van der Waals surface area contributed by atoms with Crippen LogP contribution in [0.1, 0.15) is 122 Å². The maximum absolute atomic E-state index is 10.6. The molecule has 0 aliphatic rings. The summed E-state index contributed by atoms with van der Waals surface area (Å²) in [6.45, 7) is 2.28. The van der Waals surface area contributed by atoms with Gasteiger partial charge in [0.2, 0.25) is 5.91 Å². The fourth-order valence-corrected chi connectivity index (χ4v) is 3.09. The molecule has 0 heterocycles. The van der Waals surface area contributed by atoms with Crippen LogP contribution in [0.3, 0.4) is 0 Å². The van der Waals surface area contributed by atoms with Crippen molar-refractivity contribution < 1.29 is 4.79 Å². The van der Waals surface area contributed by atoms with Gasteiger partial charge in [-0.3, -0.25) is 4.79 Å². The average Bonchev–Trinajstić information content (AvgIpc) is 2.56. The molecule has 0 aromatic carbocycles. The summed E-state index contributed by atoms with van der Waals surface area (Å²) in [6.07, 6.45) is 27.9. The lowest BCUT2D eigenvalue weighted by Gasteiger charge is -2.02. The van der Waals surface area contributed by atoms with Gasteiger partial charge in [0.05, 0.1) is 0 Å². The number of allylic oxidation sites excluding steroid dienone is 2. The first kappa shape index (κ1) is 23.2. The predicted molar refractivity (Wildman–Crippen MR) is 107 cm³/mol. The molecule has 0 saturated heterocycles. The Morgan fingerprint density at radius 1 is 0.625 bits per heavy atom. The van der Waals surface area contributed by atoms with E-state index in [1.54, 1.807) is 0 Å². The molecule has 1 amide bonds. The maximum Gasteiger partial charge on any atom is 0.217 e. The summed E-state index contributed by atoms with van der Waals surface area (Å²) in [5.41, 5.74) is 5.11. The van der Waals surface area contributed by atoms with Crippen LogP contribution >= 0.6 is 0 Å². The number of primary amides is 1. The number of hydrogen-bond donors (Lipinski definition) is 1. The van der Waals surface area contributed by atoms with Crippen LogP contribution < -0.4 is 5.73 Å². The quantitative estimate of drug-likeness (QED) is 0.199. The third kappa shape index (κ3) is 21.2. The van der Waals surface area contributed by atoms with E-state index in [1.807, 2.05) is 0 Å². The smallest absolute Gasteiger partial charge is 0.217 e. The van der Waals surface area contributed by atoms with Crippen molar-refractivity contribution in [3.05, 3.63) is 12.2 Å². The van der Waals surface area contributed by atoms with Gasteiger partial charge in [0.15, 0.2) is 0 Å². The summed E-state index contributed by atoms with van der Waals surface area (Å²) in [6, 6.07) is 0. The van der Waals surface area contributed by atoms with Gasteiger partial charge in [-0.2, -0.15) is 0 Å². The van der Waals surface area contributed by atoms with E-state index in [0.717, 1.165) is 12.8 Å². The zero-order valence-electron chi connectivity index (χ0n) is 16.4. The normalized spacial score (nSPS) is 11.4. The fraction of sp³-hybridized carbons (Fsp3) is 0.864.